The van der Waals surface area contributed by atoms with Crippen LogP contribution in [0.15, 0.2) is 48.7 Å². The van der Waals surface area contributed by atoms with Crippen molar-refractivity contribution in [3.63, 3.8) is 0 Å². The van der Waals surface area contributed by atoms with Gasteiger partial charge in [-0.1, -0.05) is 18.2 Å². The Balaban J connectivity index is 1.59. The number of hydrogen-bond donors (Lipinski definition) is 1. The third-order valence-electron chi connectivity index (χ3n) is 4.07. The van der Waals surface area contributed by atoms with E-state index in [9.17, 15) is 0 Å². The minimum absolute atomic E-state index is 0.218. The molecule has 1 aromatic carbocycles. The molecule has 0 amide bonds. The fraction of sp³-hybridized carbons (Fsp3) is 0.389. The topological polar surface area (TPSA) is 28.2 Å². The number of pyridine rings is 1. The van der Waals surface area contributed by atoms with E-state index < -0.39 is 0 Å². The second-order valence-corrected chi connectivity index (χ2v) is 5.80. The van der Waals surface area contributed by atoms with E-state index in [2.05, 4.69) is 52.5 Å². The first kappa shape index (κ1) is 14.1. The number of likely N-dealkylation sites (tertiary alicyclic amines) is 1. The molecule has 0 saturated carbocycles. The molecule has 1 fully saturated rings. The van der Waals surface area contributed by atoms with E-state index in [4.69, 9.17) is 0 Å². The van der Waals surface area contributed by atoms with Crippen LogP contribution in [0.3, 0.4) is 0 Å². The molecule has 0 spiro atoms. The molecule has 3 heteroatoms. The van der Waals surface area contributed by atoms with Crippen LogP contribution in [0.5, 0.6) is 0 Å². The van der Waals surface area contributed by atoms with Crippen molar-refractivity contribution in [2.75, 3.05) is 18.4 Å². The Kier molecular flexibility index (Phi) is 4.51. The van der Waals surface area contributed by atoms with Crippen LogP contribution in [0.25, 0.3) is 0 Å². The number of rotatable bonds is 5. The van der Waals surface area contributed by atoms with Crippen LogP contribution < -0.4 is 5.32 Å². The largest absolute Gasteiger partial charge is 0.377 e. The molecular weight excluding hydrogens is 258 g/mol. The van der Waals surface area contributed by atoms with E-state index in [1.54, 1.807) is 0 Å². The van der Waals surface area contributed by atoms with Gasteiger partial charge in [0.2, 0.25) is 0 Å². The molecule has 0 radical (unpaired) electrons. The first-order valence-electron chi connectivity index (χ1n) is 7.80. The van der Waals surface area contributed by atoms with E-state index in [0.29, 0.717) is 0 Å². The lowest BCUT2D eigenvalue weighted by atomic mass is 10.1. The molecular formula is C18H23N3. The Morgan fingerprint density at radius 1 is 1.10 bits per heavy atom. The third kappa shape index (κ3) is 3.82. The molecule has 1 saturated heterocycles. The lowest BCUT2D eigenvalue weighted by molar-refractivity contribution is 0.331. The predicted molar refractivity (Wildman–Crippen MR) is 87.2 cm³/mol. The van der Waals surface area contributed by atoms with Crippen molar-refractivity contribution in [3.05, 3.63) is 59.9 Å². The lowest BCUT2D eigenvalue weighted by Crippen LogP contribution is -2.18. The first-order chi connectivity index (χ1) is 10.3. The summed E-state index contributed by atoms with van der Waals surface area (Å²) in [5, 5.41) is 3.50. The fourth-order valence-electron chi connectivity index (χ4n) is 2.86. The van der Waals surface area contributed by atoms with Gasteiger partial charge in [-0.2, -0.15) is 0 Å². The van der Waals surface area contributed by atoms with Crippen molar-refractivity contribution in [1.82, 2.24) is 9.88 Å². The van der Waals surface area contributed by atoms with Gasteiger partial charge in [-0.25, -0.2) is 0 Å². The molecule has 21 heavy (non-hydrogen) atoms. The van der Waals surface area contributed by atoms with Crippen molar-refractivity contribution >= 4 is 5.69 Å². The molecule has 1 atom stereocenters. The highest BCUT2D eigenvalue weighted by molar-refractivity contribution is 5.46. The third-order valence-corrected chi connectivity index (χ3v) is 4.07. The lowest BCUT2D eigenvalue weighted by Gasteiger charge is -2.17. The number of nitrogens with zero attached hydrogens (tertiary/aromatic N) is 2. The monoisotopic (exact) mass is 281 g/mol. The molecule has 3 rings (SSSR count). The summed E-state index contributed by atoms with van der Waals surface area (Å²) in [6.07, 6.45) is 4.54. The highest BCUT2D eigenvalue weighted by atomic mass is 15.1. The zero-order valence-electron chi connectivity index (χ0n) is 12.6. The van der Waals surface area contributed by atoms with Gasteiger partial charge in [0.15, 0.2) is 0 Å². The van der Waals surface area contributed by atoms with Crippen molar-refractivity contribution in [2.45, 2.75) is 32.4 Å². The van der Waals surface area contributed by atoms with Crippen LogP contribution in [0, 0.1) is 0 Å². The zero-order chi connectivity index (χ0) is 14.5. The number of anilines is 1. The fourth-order valence-corrected chi connectivity index (χ4v) is 2.86. The molecule has 1 unspecified atom stereocenters. The van der Waals surface area contributed by atoms with Gasteiger partial charge in [-0.05, 0) is 62.7 Å². The SMILES string of the molecule is CC(Nc1ccc(CN2CCCC2)cc1)c1ccccn1. The molecule has 1 N–H and O–H groups in total. The highest BCUT2D eigenvalue weighted by Gasteiger charge is 2.11. The van der Waals surface area contributed by atoms with Crippen LogP contribution in [0.2, 0.25) is 0 Å². The van der Waals surface area contributed by atoms with E-state index >= 15 is 0 Å². The summed E-state index contributed by atoms with van der Waals surface area (Å²) in [4.78, 5) is 6.92. The summed E-state index contributed by atoms with van der Waals surface area (Å²) >= 11 is 0. The van der Waals surface area contributed by atoms with Gasteiger partial charge in [-0.3, -0.25) is 9.88 Å². The Bertz CT molecular complexity index is 544. The Morgan fingerprint density at radius 3 is 2.52 bits per heavy atom. The Labute approximate surface area is 127 Å². The smallest absolute Gasteiger partial charge is 0.0657 e. The quantitative estimate of drug-likeness (QED) is 0.902. The van der Waals surface area contributed by atoms with Gasteiger partial charge in [0, 0.05) is 18.4 Å². The highest BCUT2D eigenvalue weighted by Crippen LogP contribution is 2.19. The summed E-state index contributed by atoms with van der Waals surface area (Å²) in [5.74, 6) is 0. The maximum atomic E-state index is 4.39. The van der Waals surface area contributed by atoms with Crippen LogP contribution in [0.4, 0.5) is 5.69 Å². The van der Waals surface area contributed by atoms with Gasteiger partial charge in [0.25, 0.3) is 0 Å². The normalized spacial score (nSPS) is 16.8. The number of hydrogen-bond acceptors (Lipinski definition) is 3. The van der Waals surface area contributed by atoms with Crippen LogP contribution >= 0.6 is 0 Å². The molecule has 0 aliphatic carbocycles. The Hall–Kier alpha value is -1.87. The average Bonchev–Trinajstić information content (AvgIpc) is 3.03. The molecule has 110 valence electrons. The second-order valence-electron chi connectivity index (χ2n) is 5.80. The minimum atomic E-state index is 0.218. The molecule has 1 aliphatic rings. The van der Waals surface area contributed by atoms with Crippen molar-refractivity contribution in [1.29, 1.82) is 0 Å². The van der Waals surface area contributed by atoms with Crippen LogP contribution in [0.1, 0.15) is 37.1 Å². The maximum absolute atomic E-state index is 4.39. The van der Waals surface area contributed by atoms with E-state index in [1.165, 1.54) is 31.5 Å². The molecule has 1 aliphatic heterocycles. The minimum Gasteiger partial charge on any atom is -0.377 e. The van der Waals surface area contributed by atoms with Gasteiger partial charge in [-0.15, -0.1) is 0 Å². The summed E-state index contributed by atoms with van der Waals surface area (Å²) in [5.41, 5.74) is 3.62. The number of aromatic nitrogens is 1. The number of benzene rings is 1. The van der Waals surface area contributed by atoms with E-state index in [0.717, 1.165) is 17.9 Å². The summed E-state index contributed by atoms with van der Waals surface area (Å²) < 4.78 is 0. The molecule has 2 aromatic rings. The second kappa shape index (κ2) is 6.72. The predicted octanol–water partition coefficient (Wildman–Crippen LogP) is 3.85. The maximum Gasteiger partial charge on any atom is 0.0657 e. The molecule has 2 heterocycles. The van der Waals surface area contributed by atoms with Crippen molar-refractivity contribution < 1.29 is 0 Å². The van der Waals surface area contributed by atoms with Gasteiger partial charge in [0.05, 0.1) is 11.7 Å². The summed E-state index contributed by atoms with van der Waals surface area (Å²) in [6.45, 7) is 5.71. The first-order valence-corrected chi connectivity index (χ1v) is 7.80. The van der Waals surface area contributed by atoms with Gasteiger partial charge in [0.1, 0.15) is 0 Å². The van der Waals surface area contributed by atoms with Gasteiger partial charge < -0.3 is 5.32 Å². The van der Waals surface area contributed by atoms with Crippen molar-refractivity contribution in [3.8, 4) is 0 Å². The average molecular weight is 281 g/mol. The van der Waals surface area contributed by atoms with Crippen molar-refractivity contribution in [2.24, 2.45) is 0 Å². The molecule has 1 aromatic heterocycles. The van der Waals surface area contributed by atoms with E-state index in [-0.39, 0.29) is 6.04 Å². The summed E-state index contributed by atoms with van der Waals surface area (Å²) in [7, 11) is 0. The van der Waals surface area contributed by atoms with Crippen LogP contribution in [-0.4, -0.2) is 23.0 Å². The standard InChI is InChI=1S/C18H23N3/c1-15(18-6-2-3-11-19-18)20-17-9-7-16(8-10-17)14-21-12-4-5-13-21/h2-3,6-11,15,20H,4-5,12-14H2,1H3. The molecule has 0 bridgehead atoms. The Morgan fingerprint density at radius 2 is 1.86 bits per heavy atom. The summed E-state index contributed by atoms with van der Waals surface area (Å²) in [6, 6.07) is 15.0. The number of nitrogens with one attached hydrogen (secondary N) is 1. The van der Waals surface area contributed by atoms with E-state index in [1.807, 2.05) is 18.3 Å². The molecule has 3 nitrogen and oxygen atoms in total. The van der Waals surface area contributed by atoms with Crippen LogP contribution in [-0.2, 0) is 6.54 Å². The van der Waals surface area contributed by atoms with Gasteiger partial charge >= 0.3 is 0 Å². The zero-order valence-corrected chi connectivity index (χ0v) is 12.6.